The summed E-state index contributed by atoms with van der Waals surface area (Å²) in [6.07, 6.45) is 0.603. The molecule has 1 heterocycles. The second-order valence-corrected chi connectivity index (χ2v) is 4.26. The van der Waals surface area contributed by atoms with Gasteiger partial charge in [-0.05, 0) is 30.7 Å². The molecule has 0 amide bonds. The fourth-order valence-corrected chi connectivity index (χ4v) is 2.15. The Morgan fingerprint density at radius 1 is 1.46 bits per heavy atom. The average Bonchev–Trinajstić information content (AvgIpc) is 2.51. The monoisotopic (exact) mass is 241 g/mol. The van der Waals surface area contributed by atoms with Gasteiger partial charge in [-0.3, -0.25) is 0 Å². The van der Waals surface area contributed by atoms with Crippen molar-refractivity contribution in [2.75, 3.05) is 6.54 Å². The van der Waals surface area contributed by atoms with Gasteiger partial charge in [-0.2, -0.15) is 0 Å². The third-order valence-electron chi connectivity index (χ3n) is 2.40. The number of hydrogen-bond donors (Lipinski definition) is 2. The van der Waals surface area contributed by atoms with Crippen molar-refractivity contribution in [2.45, 2.75) is 18.6 Å². The molecule has 2 rings (SSSR count). The summed E-state index contributed by atoms with van der Waals surface area (Å²) in [6.45, 7) is 0.901. The molecular formula is C10H12BrNO. The quantitative estimate of drug-likeness (QED) is 0.787. The van der Waals surface area contributed by atoms with Crippen LogP contribution in [0.25, 0.3) is 0 Å². The van der Waals surface area contributed by atoms with Crippen LogP contribution < -0.4 is 5.32 Å². The van der Waals surface area contributed by atoms with Crippen LogP contribution in [0.2, 0.25) is 0 Å². The first-order valence-corrected chi connectivity index (χ1v) is 5.23. The predicted octanol–water partition coefficient (Wildman–Crippen LogP) is 1.84. The summed E-state index contributed by atoms with van der Waals surface area (Å²) >= 11 is 3.42. The predicted molar refractivity (Wildman–Crippen MR) is 55.5 cm³/mol. The van der Waals surface area contributed by atoms with E-state index in [1.165, 1.54) is 0 Å². The molecule has 2 N–H and O–H groups in total. The number of aliphatic hydroxyl groups excluding tert-OH is 1. The standard InChI is InChI=1S/C10H12BrNO/c11-8-3-1-2-7(6-8)10-9(13)4-5-12-10/h1-3,6,9-10,12-13H,4-5H2/t9-,10-/m1/s1. The van der Waals surface area contributed by atoms with E-state index in [4.69, 9.17) is 0 Å². The number of halogens is 1. The molecule has 0 bridgehead atoms. The molecule has 0 unspecified atom stereocenters. The Labute approximate surface area is 86.1 Å². The van der Waals surface area contributed by atoms with Gasteiger partial charge in [0.1, 0.15) is 0 Å². The minimum atomic E-state index is -0.241. The number of aliphatic hydroxyl groups is 1. The summed E-state index contributed by atoms with van der Waals surface area (Å²) in [4.78, 5) is 0. The summed E-state index contributed by atoms with van der Waals surface area (Å²) in [5, 5.41) is 12.9. The van der Waals surface area contributed by atoms with Crippen LogP contribution in [0.3, 0.4) is 0 Å². The summed E-state index contributed by atoms with van der Waals surface area (Å²) in [5.41, 5.74) is 1.15. The van der Waals surface area contributed by atoms with E-state index < -0.39 is 0 Å². The lowest BCUT2D eigenvalue weighted by Gasteiger charge is -2.15. The van der Waals surface area contributed by atoms with E-state index in [1.54, 1.807) is 0 Å². The van der Waals surface area contributed by atoms with Crippen LogP contribution in [0.4, 0.5) is 0 Å². The molecule has 13 heavy (non-hydrogen) atoms. The molecule has 0 aliphatic carbocycles. The molecule has 0 radical (unpaired) electrons. The molecule has 1 aliphatic heterocycles. The van der Waals surface area contributed by atoms with Gasteiger partial charge in [0.25, 0.3) is 0 Å². The van der Waals surface area contributed by atoms with E-state index >= 15 is 0 Å². The summed E-state index contributed by atoms with van der Waals surface area (Å²) in [5.74, 6) is 0. The number of rotatable bonds is 1. The molecule has 0 saturated carbocycles. The van der Waals surface area contributed by atoms with Crippen molar-refractivity contribution < 1.29 is 5.11 Å². The normalized spacial score (nSPS) is 27.8. The minimum absolute atomic E-state index is 0.109. The molecule has 70 valence electrons. The van der Waals surface area contributed by atoms with Crippen molar-refractivity contribution >= 4 is 15.9 Å². The van der Waals surface area contributed by atoms with Gasteiger partial charge in [0.15, 0.2) is 0 Å². The lowest BCUT2D eigenvalue weighted by atomic mass is 10.0. The van der Waals surface area contributed by atoms with Gasteiger partial charge in [0.2, 0.25) is 0 Å². The third-order valence-corrected chi connectivity index (χ3v) is 2.89. The Kier molecular flexibility index (Phi) is 2.67. The van der Waals surface area contributed by atoms with Gasteiger partial charge >= 0.3 is 0 Å². The zero-order valence-corrected chi connectivity index (χ0v) is 8.79. The molecule has 1 fully saturated rings. The van der Waals surface area contributed by atoms with Gasteiger partial charge in [0.05, 0.1) is 12.1 Å². The summed E-state index contributed by atoms with van der Waals surface area (Å²) in [6, 6.07) is 8.18. The SMILES string of the molecule is O[C@@H]1CCN[C@@H]1c1cccc(Br)c1. The number of hydrogen-bond acceptors (Lipinski definition) is 2. The highest BCUT2D eigenvalue weighted by Gasteiger charge is 2.25. The van der Waals surface area contributed by atoms with Gasteiger partial charge in [0, 0.05) is 4.47 Å². The first-order valence-electron chi connectivity index (χ1n) is 4.44. The molecule has 2 nitrogen and oxygen atoms in total. The largest absolute Gasteiger partial charge is 0.391 e. The number of benzene rings is 1. The Morgan fingerprint density at radius 2 is 2.31 bits per heavy atom. The van der Waals surface area contributed by atoms with Crippen LogP contribution in [0.1, 0.15) is 18.0 Å². The van der Waals surface area contributed by atoms with Crippen molar-refractivity contribution in [2.24, 2.45) is 0 Å². The topological polar surface area (TPSA) is 32.3 Å². The molecule has 1 aromatic carbocycles. The van der Waals surface area contributed by atoms with Crippen LogP contribution in [-0.2, 0) is 0 Å². The molecule has 3 heteroatoms. The van der Waals surface area contributed by atoms with E-state index in [0.29, 0.717) is 0 Å². The van der Waals surface area contributed by atoms with Crippen LogP contribution >= 0.6 is 15.9 Å². The zero-order chi connectivity index (χ0) is 9.26. The van der Waals surface area contributed by atoms with Crippen molar-refractivity contribution in [3.8, 4) is 0 Å². The Balaban J connectivity index is 2.24. The lowest BCUT2D eigenvalue weighted by molar-refractivity contribution is 0.160. The number of nitrogens with one attached hydrogen (secondary N) is 1. The van der Waals surface area contributed by atoms with Gasteiger partial charge in [-0.15, -0.1) is 0 Å². The van der Waals surface area contributed by atoms with Gasteiger partial charge in [-0.25, -0.2) is 0 Å². The van der Waals surface area contributed by atoms with Crippen molar-refractivity contribution in [3.63, 3.8) is 0 Å². The van der Waals surface area contributed by atoms with E-state index in [2.05, 4.69) is 21.2 Å². The van der Waals surface area contributed by atoms with Crippen LogP contribution in [0.15, 0.2) is 28.7 Å². The van der Waals surface area contributed by atoms with Crippen molar-refractivity contribution in [1.29, 1.82) is 0 Å². The Bertz CT molecular complexity index is 303. The zero-order valence-electron chi connectivity index (χ0n) is 7.20. The fraction of sp³-hybridized carbons (Fsp3) is 0.400. The summed E-state index contributed by atoms with van der Waals surface area (Å²) in [7, 11) is 0. The maximum absolute atomic E-state index is 9.66. The van der Waals surface area contributed by atoms with Crippen LogP contribution in [0.5, 0.6) is 0 Å². The lowest BCUT2D eigenvalue weighted by Crippen LogP contribution is -2.20. The highest BCUT2D eigenvalue weighted by atomic mass is 79.9. The minimum Gasteiger partial charge on any atom is -0.391 e. The van der Waals surface area contributed by atoms with Crippen LogP contribution in [0, 0.1) is 0 Å². The van der Waals surface area contributed by atoms with Crippen LogP contribution in [-0.4, -0.2) is 17.8 Å². The first kappa shape index (κ1) is 9.19. The molecule has 1 aliphatic rings. The highest BCUT2D eigenvalue weighted by Crippen LogP contribution is 2.25. The van der Waals surface area contributed by atoms with E-state index in [9.17, 15) is 5.11 Å². The van der Waals surface area contributed by atoms with E-state index in [-0.39, 0.29) is 12.1 Å². The van der Waals surface area contributed by atoms with Gasteiger partial charge in [-0.1, -0.05) is 28.1 Å². The second kappa shape index (κ2) is 3.78. The van der Waals surface area contributed by atoms with Crippen molar-refractivity contribution in [3.05, 3.63) is 34.3 Å². The van der Waals surface area contributed by atoms with E-state index in [0.717, 1.165) is 23.0 Å². The third kappa shape index (κ3) is 1.93. The highest BCUT2D eigenvalue weighted by molar-refractivity contribution is 9.10. The molecule has 0 aromatic heterocycles. The smallest absolute Gasteiger partial charge is 0.0747 e. The second-order valence-electron chi connectivity index (χ2n) is 3.34. The van der Waals surface area contributed by atoms with Crippen molar-refractivity contribution in [1.82, 2.24) is 5.32 Å². The molecule has 1 saturated heterocycles. The molecular weight excluding hydrogens is 230 g/mol. The molecule has 0 spiro atoms. The maximum Gasteiger partial charge on any atom is 0.0747 e. The maximum atomic E-state index is 9.66. The molecule has 1 aromatic rings. The summed E-state index contributed by atoms with van der Waals surface area (Å²) < 4.78 is 1.06. The Morgan fingerprint density at radius 3 is 2.92 bits per heavy atom. The van der Waals surface area contributed by atoms with Gasteiger partial charge < -0.3 is 10.4 Å². The van der Waals surface area contributed by atoms with E-state index in [1.807, 2.05) is 24.3 Å². The Hall–Kier alpha value is -0.380. The first-order chi connectivity index (χ1) is 6.27. The molecule has 2 atom stereocenters. The fourth-order valence-electron chi connectivity index (χ4n) is 1.73. The average molecular weight is 242 g/mol.